The Kier molecular flexibility index (Phi) is 4.35. The molecule has 2 aromatic heterocycles. The second-order valence-corrected chi connectivity index (χ2v) is 5.78. The number of rotatable bonds is 5. The van der Waals surface area contributed by atoms with Crippen LogP contribution in [-0.2, 0) is 19.4 Å². The Bertz CT molecular complexity index is 559. The molecule has 0 aliphatic rings. The van der Waals surface area contributed by atoms with E-state index in [2.05, 4.69) is 40.9 Å². The minimum Gasteiger partial charge on any atom is -0.291 e. The van der Waals surface area contributed by atoms with Gasteiger partial charge in [0.2, 0.25) is 0 Å². The van der Waals surface area contributed by atoms with E-state index >= 15 is 0 Å². The van der Waals surface area contributed by atoms with E-state index < -0.39 is 0 Å². The minimum atomic E-state index is 0.109. The van der Waals surface area contributed by atoms with Crippen molar-refractivity contribution in [3.63, 3.8) is 0 Å². The molecule has 0 saturated heterocycles. The van der Waals surface area contributed by atoms with Crippen molar-refractivity contribution >= 4 is 33.0 Å². The van der Waals surface area contributed by atoms with E-state index in [4.69, 9.17) is 0 Å². The first-order chi connectivity index (χ1) is 8.65. The molecule has 0 amide bonds. The molecule has 2 rings (SSSR count). The second-order valence-electron chi connectivity index (χ2n) is 4.01. The second kappa shape index (κ2) is 5.80. The third kappa shape index (κ3) is 2.72. The predicted molar refractivity (Wildman–Crippen MR) is 77.3 cm³/mol. The molecule has 0 saturated carbocycles. The maximum absolute atomic E-state index is 12.2. The van der Waals surface area contributed by atoms with E-state index in [0.29, 0.717) is 6.54 Å². The molecule has 2 heterocycles. The lowest BCUT2D eigenvalue weighted by Gasteiger charge is -2.04. The topological polar surface area (TPSA) is 34.9 Å². The molecule has 0 aliphatic heterocycles. The molecule has 5 heteroatoms. The Morgan fingerprint density at radius 1 is 1.44 bits per heavy atom. The number of ketones is 1. The Hall–Kier alpha value is -0.940. The van der Waals surface area contributed by atoms with Crippen LogP contribution in [0, 0.1) is 0 Å². The van der Waals surface area contributed by atoms with Gasteiger partial charge in [-0.05, 0) is 46.3 Å². The summed E-state index contributed by atoms with van der Waals surface area (Å²) in [5, 5.41) is 6.38. The third-order valence-corrected chi connectivity index (χ3v) is 4.68. The highest BCUT2D eigenvalue weighted by atomic mass is 79.9. The Labute approximate surface area is 119 Å². The average molecular weight is 327 g/mol. The van der Waals surface area contributed by atoms with E-state index in [-0.39, 0.29) is 5.78 Å². The lowest BCUT2D eigenvalue weighted by molar-refractivity contribution is 0.0969. The summed E-state index contributed by atoms with van der Waals surface area (Å²) in [6.45, 7) is 4.48. The van der Waals surface area contributed by atoms with Crippen LogP contribution in [0.25, 0.3) is 0 Å². The van der Waals surface area contributed by atoms with Gasteiger partial charge >= 0.3 is 0 Å². The molecule has 0 N–H and O–H groups in total. The van der Waals surface area contributed by atoms with Crippen molar-refractivity contribution < 1.29 is 4.79 Å². The molecule has 0 radical (unpaired) electrons. The summed E-state index contributed by atoms with van der Waals surface area (Å²) < 4.78 is 2.70. The van der Waals surface area contributed by atoms with Gasteiger partial charge in [-0.1, -0.05) is 13.8 Å². The van der Waals surface area contributed by atoms with Gasteiger partial charge in [0.25, 0.3) is 0 Å². The normalized spacial score (nSPS) is 10.8. The number of thiophene rings is 1. The van der Waals surface area contributed by atoms with Crippen molar-refractivity contribution in [2.75, 3.05) is 0 Å². The average Bonchev–Trinajstić information content (AvgIpc) is 2.95. The molecule has 96 valence electrons. The van der Waals surface area contributed by atoms with Crippen molar-refractivity contribution in [3.05, 3.63) is 38.3 Å². The Morgan fingerprint density at radius 3 is 2.78 bits per heavy atom. The zero-order valence-electron chi connectivity index (χ0n) is 10.4. The molecule has 2 aromatic rings. The van der Waals surface area contributed by atoms with Crippen LogP contribution in [0.15, 0.2) is 22.0 Å². The molecule has 0 fully saturated rings. The van der Waals surface area contributed by atoms with Gasteiger partial charge in [0.1, 0.15) is 6.54 Å². The van der Waals surface area contributed by atoms with Gasteiger partial charge < -0.3 is 0 Å². The minimum absolute atomic E-state index is 0.109. The lowest BCUT2D eigenvalue weighted by atomic mass is 10.2. The van der Waals surface area contributed by atoms with Crippen molar-refractivity contribution in [3.8, 4) is 0 Å². The van der Waals surface area contributed by atoms with Gasteiger partial charge in [-0.3, -0.25) is 9.48 Å². The van der Waals surface area contributed by atoms with Crippen LogP contribution in [0.1, 0.15) is 34.9 Å². The molecule has 0 unspecified atom stereocenters. The van der Waals surface area contributed by atoms with E-state index in [1.54, 1.807) is 0 Å². The van der Waals surface area contributed by atoms with Crippen LogP contribution in [-0.4, -0.2) is 15.6 Å². The Morgan fingerprint density at radius 2 is 2.22 bits per heavy atom. The lowest BCUT2D eigenvalue weighted by Crippen LogP contribution is -2.13. The van der Waals surface area contributed by atoms with Gasteiger partial charge in [0.15, 0.2) is 5.78 Å². The molecular formula is C13H15BrN2OS. The third-order valence-electron chi connectivity index (χ3n) is 2.80. The van der Waals surface area contributed by atoms with Crippen LogP contribution in [0.5, 0.6) is 0 Å². The molecule has 0 aromatic carbocycles. The maximum atomic E-state index is 12.2. The van der Waals surface area contributed by atoms with Gasteiger partial charge in [0.05, 0.1) is 10.6 Å². The fourth-order valence-corrected chi connectivity index (χ4v) is 3.34. The summed E-state index contributed by atoms with van der Waals surface area (Å²) in [6, 6.07) is 3.98. The van der Waals surface area contributed by atoms with Crippen LogP contribution in [0.4, 0.5) is 0 Å². The van der Waals surface area contributed by atoms with Gasteiger partial charge in [-0.2, -0.15) is 5.10 Å². The Balaban J connectivity index is 2.21. The van der Waals surface area contributed by atoms with Gasteiger partial charge in [-0.15, -0.1) is 11.3 Å². The molecular weight excluding hydrogens is 312 g/mol. The van der Waals surface area contributed by atoms with E-state index in [1.807, 2.05) is 16.1 Å². The van der Waals surface area contributed by atoms with Crippen molar-refractivity contribution in [2.24, 2.45) is 0 Å². The zero-order valence-corrected chi connectivity index (χ0v) is 12.8. The monoisotopic (exact) mass is 326 g/mol. The summed E-state index contributed by atoms with van der Waals surface area (Å²) in [4.78, 5) is 13.0. The summed E-state index contributed by atoms with van der Waals surface area (Å²) in [7, 11) is 0. The highest BCUT2D eigenvalue weighted by Gasteiger charge is 2.14. The highest BCUT2D eigenvalue weighted by molar-refractivity contribution is 9.10. The molecule has 0 atom stereocenters. The number of nitrogens with zero attached hydrogens (tertiary/aromatic N) is 2. The van der Waals surface area contributed by atoms with Gasteiger partial charge in [0, 0.05) is 10.2 Å². The summed E-state index contributed by atoms with van der Waals surface area (Å²) >= 11 is 4.86. The van der Waals surface area contributed by atoms with E-state index in [0.717, 1.165) is 33.6 Å². The number of halogens is 1. The van der Waals surface area contributed by atoms with Crippen molar-refractivity contribution in [1.82, 2.24) is 9.78 Å². The van der Waals surface area contributed by atoms with Crippen molar-refractivity contribution in [2.45, 2.75) is 33.2 Å². The van der Waals surface area contributed by atoms with Crippen LogP contribution < -0.4 is 0 Å². The standard InChI is InChI=1S/C13H15BrN2OS/c1-3-9-7-10(4-2)16(15-9)8-12(17)13-11(14)5-6-18-13/h5-7H,3-4,8H2,1-2H3. The van der Waals surface area contributed by atoms with E-state index in [9.17, 15) is 4.79 Å². The van der Waals surface area contributed by atoms with E-state index in [1.165, 1.54) is 11.3 Å². The quantitative estimate of drug-likeness (QED) is 0.785. The largest absolute Gasteiger partial charge is 0.291 e. The number of hydrogen-bond donors (Lipinski definition) is 0. The first-order valence-corrected chi connectivity index (χ1v) is 7.64. The fourth-order valence-electron chi connectivity index (χ4n) is 1.81. The van der Waals surface area contributed by atoms with Crippen molar-refractivity contribution in [1.29, 1.82) is 0 Å². The molecule has 3 nitrogen and oxygen atoms in total. The number of hydrogen-bond acceptors (Lipinski definition) is 3. The first-order valence-electron chi connectivity index (χ1n) is 5.97. The van der Waals surface area contributed by atoms with Crippen LogP contribution in [0.3, 0.4) is 0 Å². The number of carbonyl (C=O) groups excluding carboxylic acids is 1. The first kappa shape index (κ1) is 13.5. The van der Waals surface area contributed by atoms with Crippen LogP contribution in [0.2, 0.25) is 0 Å². The summed E-state index contributed by atoms with van der Waals surface area (Å²) in [5.41, 5.74) is 2.16. The molecule has 0 bridgehead atoms. The maximum Gasteiger partial charge on any atom is 0.195 e. The number of aryl methyl sites for hydroxylation is 2. The highest BCUT2D eigenvalue weighted by Crippen LogP contribution is 2.23. The number of aromatic nitrogens is 2. The number of carbonyl (C=O) groups is 1. The zero-order chi connectivity index (χ0) is 13.1. The molecule has 0 spiro atoms. The SMILES string of the molecule is CCc1cc(CC)n(CC(=O)c2sccc2Br)n1. The fraction of sp³-hybridized carbons (Fsp3) is 0.385. The smallest absolute Gasteiger partial charge is 0.195 e. The molecule has 0 aliphatic carbocycles. The van der Waals surface area contributed by atoms with Crippen LogP contribution >= 0.6 is 27.3 Å². The van der Waals surface area contributed by atoms with Gasteiger partial charge in [-0.25, -0.2) is 0 Å². The summed E-state index contributed by atoms with van der Waals surface area (Å²) in [6.07, 6.45) is 1.79. The molecule has 18 heavy (non-hydrogen) atoms. The predicted octanol–water partition coefficient (Wildman–Crippen LogP) is 3.71. The number of Topliss-reactive ketones (excluding diaryl/α,β-unsaturated/α-hetero) is 1. The summed E-state index contributed by atoms with van der Waals surface area (Å²) in [5.74, 6) is 0.109.